The number of benzene rings is 1. The van der Waals surface area contributed by atoms with Gasteiger partial charge >= 0.3 is 10.4 Å². The van der Waals surface area contributed by atoms with Crippen LogP contribution in [0.15, 0.2) is 30.3 Å². The highest BCUT2D eigenvalue weighted by molar-refractivity contribution is 7.80. The summed E-state index contributed by atoms with van der Waals surface area (Å²) in [5.41, 5.74) is 1.88. The average Bonchev–Trinajstić information content (AvgIpc) is 3.43. The molecule has 0 aliphatic heterocycles. The summed E-state index contributed by atoms with van der Waals surface area (Å²) in [6.07, 6.45) is 13.9. The molecule has 0 bridgehead atoms. The van der Waals surface area contributed by atoms with E-state index in [1.807, 2.05) is 13.8 Å². The van der Waals surface area contributed by atoms with Crippen LogP contribution < -0.4 is 16.0 Å². The SMILES string of the molecule is CC(C)[C@@H](CC[C@H](C)C1CCC2C3C(CC[C@@]21C)[C@@]1(C)CC[C@H](NCCCNCCCCNCc2ccccc2)C[C@@H]1C[C@@H]3O)OS(=O)(=O)O. The van der Waals surface area contributed by atoms with Crippen LogP contribution in [0.3, 0.4) is 0 Å². The van der Waals surface area contributed by atoms with Gasteiger partial charge in [0.1, 0.15) is 0 Å². The molecule has 286 valence electrons. The van der Waals surface area contributed by atoms with Gasteiger partial charge in [-0.05, 0) is 167 Å². The summed E-state index contributed by atoms with van der Waals surface area (Å²) < 4.78 is 37.2. The lowest BCUT2D eigenvalue weighted by Crippen LogP contribution is -2.59. The minimum absolute atomic E-state index is 0.0127. The highest BCUT2D eigenvalue weighted by atomic mass is 32.3. The fourth-order valence-corrected chi connectivity index (χ4v) is 12.3. The van der Waals surface area contributed by atoms with Crippen molar-refractivity contribution in [2.75, 3.05) is 26.2 Å². The lowest BCUT2D eigenvalue weighted by molar-refractivity contribution is -0.167. The Labute approximate surface area is 305 Å². The van der Waals surface area contributed by atoms with E-state index in [9.17, 15) is 18.1 Å². The minimum atomic E-state index is -4.46. The van der Waals surface area contributed by atoms with Crippen LogP contribution in [0.4, 0.5) is 0 Å². The lowest BCUT2D eigenvalue weighted by atomic mass is 9.43. The van der Waals surface area contributed by atoms with E-state index < -0.39 is 16.5 Å². The first-order chi connectivity index (χ1) is 23.8. The summed E-state index contributed by atoms with van der Waals surface area (Å²) >= 11 is 0. The molecular weight excluding hydrogens is 647 g/mol. The van der Waals surface area contributed by atoms with Gasteiger partial charge in [-0.25, -0.2) is 4.18 Å². The first kappa shape index (κ1) is 40.1. The Kier molecular flexibility index (Phi) is 14.3. The van der Waals surface area contributed by atoms with Crippen molar-refractivity contribution in [2.45, 2.75) is 143 Å². The maximum Gasteiger partial charge on any atom is 0.397 e. The molecule has 0 aromatic heterocycles. The molecule has 5 N–H and O–H groups in total. The zero-order chi connectivity index (χ0) is 35.9. The third kappa shape index (κ3) is 9.91. The molecule has 8 nitrogen and oxygen atoms in total. The molecule has 0 heterocycles. The number of nitrogens with one attached hydrogen (secondary N) is 3. The Morgan fingerprint density at radius 1 is 0.840 bits per heavy atom. The molecule has 0 saturated heterocycles. The predicted octanol–water partition coefficient (Wildman–Crippen LogP) is 7.38. The third-order valence-electron chi connectivity index (χ3n) is 14.4. The van der Waals surface area contributed by atoms with E-state index in [2.05, 4.69) is 67.1 Å². The van der Waals surface area contributed by atoms with E-state index >= 15 is 0 Å². The normalized spacial score (nSPS) is 35.3. The number of fused-ring (bicyclic) bond motifs is 5. The molecule has 4 unspecified atom stereocenters. The van der Waals surface area contributed by atoms with Crippen molar-refractivity contribution in [2.24, 2.45) is 52.3 Å². The monoisotopic (exact) mass is 718 g/mol. The van der Waals surface area contributed by atoms with E-state index in [0.717, 1.165) is 52.0 Å². The Morgan fingerprint density at radius 3 is 2.24 bits per heavy atom. The second kappa shape index (κ2) is 17.8. The van der Waals surface area contributed by atoms with Gasteiger partial charge in [0.25, 0.3) is 0 Å². The summed E-state index contributed by atoms with van der Waals surface area (Å²) in [4.78, 5) is 0. The van der Waals surface area contributed by atoms with Gasteiger partial charge in [0.05, 0.1) is 12.2 Å². The summed E-state index contributed by atoms with van der Waals surface area (Å²) in [6, 6.07) is 11.2. The molecule has 1 aromatic carbocycles. The van der Waals surface area contributed by atoms with E-state index in [4.69, 9.17) is 4.18 Å². The van der Waals surface area contributed by atoms with Crippen LogP contribution >= 0.6 is 0 Å². The Bertz CT molecular complexity index is 1280. The molecule has 0 radical (unpaired) electrons. The van der Waals surface area contributed by atoms with Crippen molar-refractivity contribution in [1.29, 1.82) is 0 Å². The van der Waals surface area contributed by atoms with Crippen molar-refractivity contribution in [3.8, 4) is 0 Å². The molecule has 5 rings (SSSR count). The quantitative estimate of drug-likeness (QED) is 0.0743. The summed E-state index contributed by atoms with van der Waals surface area (Å²) in [5, 5.41) is 23.0. The molecular formula is C41H71N3O5S. The molecule has 4 fully saturated rings. The Hall–Kier alpha value is -1.07. The van der Waals surface area contributed by atoms with Crippen molar-refractivity contribution in [1.82, 2.24) is 16.0 Å². The van der Waals surface area contributed by atoms with Crippen LogP contribution in [0, 0.1) is 52.3 Å². The summed E-state index contributed by atoms with van der Waals surface area (Å²) in [5.74, 6) is 3.19. The van der Waals surface area contributed by atoms with Crippen LogP contribution in [-0.2, 0) is 21.1 Å². The van der Waals surface area contributed by atoms with Crippen molar-refractivity contribution in [3.63, 3.8) is 0 Å². The topological polar surface area (TPSA) is 120 Å². The van der Waals surface area contributed by atoms with Gasteiger partial charge in [0.2, 0.25) is 0 Å². The number of aliphatic hydroxyl groups is 1. The maximum absolute atomic E-state index is 11.9. The van der Waals surface area contributed by atoms with Gasteiger partial charge in [-0.1, -0.05) is 65.0 Å². The predicted molar refractivity (Wildman–Crippen MR) is 203 cm³/mol. The highest BCUT2D eigenvalue weighted by Crippen LogP contribution is 2.68. The summed E-state index contributed by atoms with van der Waals surface area (Å²) in [6.45, 7) is 16.6. The van der Waals surface area contributed by atoms with E-state index in [1.54, 1.807) is 0 Å². The van der Waals surface area contributed by atoms with Crippen molar-refractivity contribution < 1.29 is 22.3 Å². The molecule has 0 amide bonds. The summed E-state index contributed by atoms with van der Waals surface area (Å²) in [7, 11) is -4.46. The zero-order valence-electron chi connectivity index (χ0n) is 31.9. The minimum Gasteiger partial charge on any atom is -0.393 e. The lowest BCUT2D eigenvalue weighted by Gasteiger charge is -2.62. The van der Waals surface area contributed by atoms with E-state index in [1.165, 1.54) is 63.4 Å². The van der Waals surface area contributed by atoms with Crippen molar-refractivity contribution in [3.05, 3.63) is 35.9 Å². The number of hydrogen-bond acceptors (Lipinski definition) is 7. The largest absolute Gasteiger partial charge is 0.397 e. The zero-order valence-corrected chi connectivity index (χ0v) is 32.7. The first-order valence-corrected chi connectivity index (χ1v) is 21.7. The molecule has 0 spiro atoms. The van der Waals surface area contributed by atoms with E-state index in [-0.39, 0.29) is 17.4 Å². The highest BCUT2D eigenvalue weighted by Gasteiger charge is 2.62. The van der Waals surface area contributed by atoms with Gasteiger partial charge in [0.15, 0.2) is 0 Å². The molecule has 50 heavy (non-hydrogen) atoms. The van der Waals surface area contributed by atoms with Gasteiger partial charge in [-0.15, -0.1) is 0 Å². The second-order valence-electron chi connectivity index (χ2n) is 17.8. The molecule has 4 aliphatic rings. The fourth-order valence-electron chi connectivity index (χ4n) is 11.6. The number of unbranched alkanes of at least 4 members (excludes halogenated alkanes) is 1. The molecule has 11 atom stereocenters. The average molecular weight is 718 g/mol. The van der Waals surface area contributed by atoms with Crippen LogP contribution in [0.2, 0.25) is 0 Å². The molecule has 4 aliphatic carbocycles. The molecule has 9 heteroatoms. The number of hydrogen-bond donors (Lipinski definition) is 5. The molecule has 1 aromatic rings. The van der Waals surface area contributed by atoms with Gasteiger partial charge in [-0.2, -0.15) is 8.42 Å². The van der Waals surface area contributed by atoms with Gasteiger partial charge in [-0.3, -0.25) is 4.55 Å². The Morgan fingerprint density at radius 2 is 1.52 bits per heavy atom. The number of rotatable bonds is 19. The van der Waals surface area contributed by atoms with Crippen LogP contribution in [-0.4, -0.2) is 62.5 Å². The number of aliphatic hydroxyl groups excluding tert-OH is 1. The second-order valence-corrected chi connectivity index (χ2v) is 18.8. The van der Waals surface area contributed by atoms with Gasteiger partial charge in [0, 0.05) is 12.6 Å². The molecule has 4 saturated carbocycles. The smallest absolute Gasteiger partial charge is 0.393 e. The Balaban J connectivity index is 1.02. The fraction of sp³-hybridized carbons (Fsp3) is 0.854. The standard InChI is InChI=1S/C41H71N3O5S/c1-29(2)38(49-50(46,47)48)17-14-30(3)34-15-16-35-39-36(19-21-41(34,35)5)40(4)20-18-33(26-32(40)27-37(39)45)44-25-11-24-42-22-9-10-23-43-28-31-12-7-6-8-13-31/h6-8,12-13,29-30,32-39,42-45H,9-11,14-28H2,1-5H3,(H,46,47,48)/t30-,32+,33-,34?,35?,36?,37-,38+,39?,40-,41+/m0/s1. The van der Waals surface area contributed by atoms with Crippen LogP contribution in [0.1, 0.15) is 124 Å². The van der Waals surface area contributed by atoms with Gasteiger partial charge < -0.3 is 21.1 Å². The maximum atomic E-state index is 11.9. The third-order valence-corrected chi connectivity index (χ3v) is 14.9. The van der Waals surface area contributed by atoms with Crippen molar-refractivity contribution >= 4 is 10.4 Å². The van der Waals surface area contributed by atoms with E-state index in [0.29, 0.717) is 53.4 Å². The first-order valence-electron chi connectivity index (χ1n) is 20.3. The van der Waals surface area contributed by atoms with Crippen LogP contribution in [0.25, 0.3) is 0 Å². The van der Waals surface area contributed by atoms with Crippen LogP contribution in [0.5, 0.6) is 0 Å².